The second-order valence-corrected chi connectivity index (χ2v) is 4.81. The van der Waals surface area contributed by atoms with Crippen LogP contribution in [0, 0.1) is 25.2 Å². The fourth-order valence-corrected chi connectivity index (χ4v) is 1.96. The van der Waals surface area contributed by atoms with E-state index in [0.717, 1.165) is 5.56 Å². The van der Waals surface area contributed by atoms with Gasteiger partial charge in [0, 0.05) is 10.7 Å². The minimum atomic E-state index is -0.407. The number of hydrogen-bond donors (Lipinski definition) is 0. The molecule has 0 amide bonds. The minimum absolute atomic E-state index is 0.115. The van der Waals surface area contributed by atoms with E-state index in [-0.39, 0.29) is 5.56 Å². The third kappa shape index (κ3) is 2.79. The summed E-state index contributed by atoms with van der Waals surface area (Å²) >= 11 is 5.80. The quantitative estimate of drug-likeness (QED) is 0.797. The predicted molar refractivity (Wildman–Crippen MR) is 79.3 cm³/mol. The molecule has 0 saturated heterocycles. The maximum absolute atomic E-state index is 12.1. The molecule has 5 heteroatoms. The van der Waals surface area contributed by atoms with Crippen molar-refractivity contribution in [3.63, 3.8) is 0 Å². The van der Waals surface area contributed by atoms with Crippen molar-refractivity contribution in [1.29, 1.82) is 5.26 Å². The molecule has 4 nitrogen and oxygen atoms in total. The molecule has 100 valence electrons. The van der Waals surface area contributed by atoms with Crippen LogP contribution in [0.2, 0.25) is 5.02 Å². The number of nitrogens with zero attached hydrogens (tertiary/aromatic N) is 3. The lowest BCUT2D eigenvalue weighted by Gasteiger charge is -2.06. The maximum Gasteiger partial charge on any atom is 0.289 e. The van der Waals surface area contributed by atoms with Gasteiger partial charge < -0.3 is 0 Å². The third-order valence-electron chi connectivity index (χ3n) is 2.86. The molecular formula is C15H12ClN3O. The van der Waals surface area contributed by atoms with E-state index in [4.69, 9.17) is 16.9 Å². The summed E-state index contributed by atoms with van der Waals surface area (Å²) < 4.78 is 1.22. The van der Waals surface area contributed by atoms with E-state index >= 15 is 0 Å². The van der Waals surface area contributed by atoms with Crippen LogP contribution in [0.3, 0.4) is 0 Å². The van der Waals surface area contributed by atoms with Crippen molar-refractivity contribution in [1.82, 2.24) is 4.68 Å². The number of benzene rings is 1. The summed E-state index contributed by atoms with van der Waals surface area (Å²) in [5, 5.41) is 13.8. The molecule has 1 aromatic carbocycles. The van der Waals surface area contributed by atoms with Gasteiger partial charge in [0.1, 0.15) is 11.6 Å². The molecule has 2 aromatic rings. The molecule has 0 aliphatic rings. The molecule has 0 unspecified atom stereocenters. The first-order valence-corrected chi connectivity index (χ1v) is 6.34. The molecule has 1 heterocycles. The molecule has 0 N–H and O–H groups in total. The topological polar surface area (TPSA) is 58.1 Å². The zero-order valence-electron chi connectivity index (χ0n) is 11.1. The highest BCUT2D eigenvalue weighted by Gasteiger charge is 2.08. The molecule has 0 radical (unpaired) electrons. The van der Waals surface area contributed by atoms with Gasteiger partial charge in [-0.2, -0.15) is 10.4 Å². The van der Waals surface area contributed by atoms with Crippen molar-refractivity contribution < 1.29 is 0 Å². The van der Waals surface area contributed by atoms with Crippen LogP contribution in [-0.4, -0.2) is 10.9 Å². The van der Waals surface area contributed by atoms with Crippen molar-refractivity contribution in [2.45, 2.75) is 13.8 Å². The molecule has 0 saturated carbocycles. The van der Waals surface area contributed by atoms with Crippen LogP contribution in [0.4, 0.5) is 0 Å². The van der Waals surface area contributed by atoms with Crippen LogP contribution in [0.15, 0.2) is 40.2 Å². The molecular weight excluding hydrogens is 274 g/mol. The van der Waals surface area contributed by atoms with Gasteiger partial charge in [-0.3, -0.25) is 4.79 Å². The lowest BCUT2D eigenvalue weighted by molar-refractivity contribution is 0.786. The zero-order chi connectivity index (χ0) is 14.7. The number of hydrogen-bond acceptors (Lipinski definition) is 3. The molecule has 1 aromatic heterocycles. The van der Waals surface area contributed by atoms with E-state index in [9.17, 15) is 4.79 Å². The number of nitriles is 1. The van der Waals surface area contributed by atoms with Gasteiger partial charge in [0.2, 0.25) is 0 Å². The average molecular weight is 286 g/mol. The van der Waals surface area contributed by atoms with Crippen molar-refractivity contribution in [3.05, 3.63) is 68.1 Å². The van der Waals surface area contributed by atoms with Gasteiger partial charge in [-0.25, -0.2) is 4.68 Å². The Balaban J connectivity index is 2.47. The Hall–Kier alpha value is -2.38. The van der Waals surface area contributed by atoms with Crippen LogP contribution in [0.25, 0.3) is 0 Å². The first kappa shape index (κ1) is 14.0. The normalized spacial score (nSPS) is 10.7. The van der Waals surface area contributed by atoms with E-state index in [0.29, 0.717) is 16.3 Å². The molecule has 20 heavy (non-hydrogen) atoms. The summed E-state index contributed by atoms with van der Waals surface area (Å²) in [4.78, 5) is 12.1. The first-order chi connectivity index (χ1) is 9.52. The lowest BCUT2D eigenvalue weighted by Crippen LogP contribution is -2.22. The molecule has 0 aliphatic carbocycles. The summed E-state index contributed by atoms with van der Waals surface area (Å²) in [5.74, 6) is 0. The highest BCUT2D eigenvalue weighted by molar-refractivity contribution is 6.30. The van der Waals surface area contributed by atoms with E-state index in [1.165, 1.54) is 4.68 Å². The van der Waals surface area contributed by atoms with Gasteiger partial charge in [-0.05, 0) is 43.2 Å². The molecule has 0 bridgehead atoms. The molecule has 2 rings (SSSR count). The monoisotopic (exact) mass is 285 g/mol. The number of rotatable bonds is 2. The van der Waals surface area contributed by atoms with Gasteiger partial charge in [0.15, 0.2) is 0 Å². The standard InChI is InChI=1S/C15H12ClN3O/c1-10-7-11(2)19(15(20)14(10)8-17)18-9-12-3-5-13(16)6-4-12/h3-7,9H,1-2H3. The average Bonchev–Trinajstić information content (AvgIpc) is 2.40. The van der Waals surface area contributed by atoms with Gasteiger partial charge in [0.25, 0.3) is 5.56 Å². The van der Waals surface area contributed by atoms with Gasteiger partial charge >= 0.3 is 0 Å². The molecule has 0 aliphatic heterocycles. The van der Waals surface area contributed by atoms with E-state index in [2.05, 4.69) is 5.10 Å². The van der Waals surface area contributed by atoms with Gasteiger partial charge in [0.05, 0.1) is 6.21 Å². The van der Waals surface area contributed by atoms with Crippen LogP contribution < -0.4 is 5.56 Å². The van der Waals surface area contributed by atoms with Gasteiger partial charge in [-0.1, -0.05) is 23.7 Å². The number of halogens is 1. The van der Waals surface area contributed by atoms with Crippen LogP contribution >= 0.6 is 11.6 Å². The highest BCUT2D eigenvalue weighted by atomic mass is 35.5. The largest absolute Gasteiger partial charge is 0.289 e. The SMILES string of the molecule is Cc1cc(C)n(N=Cc2ccc(Cl)cc2)c(=O)c1C#N. The van der Waals surface area contributed by atoms with Crippen molar-refractivity contribution in [2.75, 3.05) is 0 Å². The first-order valence-electron chi connectivity index (χ1n) is 5.96. The van der Waals surface area contributed by atoms with Crippen LogP contribution in [-0.2, 0) is 0 Å². The Bertz CT molecular complexity index is 767. The summed E-state index contributed by atoms with van der Waals surface area (Å²) in [6.07, 6.45) is 1.56. The summed E-state index contributed by atoms with van der Waals surface area (Å²) in [5.41, 5.74) is 1.86. The summed E-state index contributed by atoms with van der Waals surface area (Å²) in [6, 6.07) is 10.8. The number of aryl methyl sites for hydroxylation is 2. The Morgan fingerprint density at radius 1 is 1.30 bits per heavy atom. The maximum atomic E-state index is 12.1. The second kappa shape index (κ2) is 5.72. The molecule has 0 atom stereocenters. The Labute approximate surface area is 121 Å². The summed E-state index contributed by atoms with van der Waals surface area (Å²) in [7, 11) is 0. The third-order valence-corrected chi connectivity index (χ3v) is 3.12. The zero-order valence-corrected chi connectivity index (χ0v) is 11.8. The van der Waals surface area contributed by atoms with Gasteiger partial charge in [-0.15, -0.1) is 0 Å². The Kier molecular flexibility index (Phi) is 4.02. The molecule has 0 fully saturated rings. The van der Waals surface area contributed by atoms with Crippen molar-refractivity contribution >= 4 is 17.8 Å². The second-order valence-electron chi connectivity index (χ2n) is 4.37. The van der Waals surface area contributed by atoms with Crippen LogP contribution in [0.1, 0.15) is 22.4 Å². The fraction of sp³-hybridized carbons (Fsp3) is 0.133. The van der Waals surface area contributed by atoms with Crippen LogP contribution in [0.5, 0.6) is 0 Å². The lowest BCUT2D eigenvalue weighted by atomic mass is 10.1. The summed E-state index contributed by atoms with van der Waals surface area (Å²) in [6.45, 7) is 3.51. The minimum Gasteiger partial charge on any atom is -0.266 e. The highest BCUT2D eigenvalue weighted by Crippen LogP contribution is 2.08. The predicted octanol–water partition coefficient (Wildman–Crippen LogP) is 2.87. The number of pyridine rings is 1. The fourth-order valence-electron chi connectivity index (χ4n) is 1.83. The van der Waals surface area contributed by atoms with E-state index in [1.807, 2.05) is 6.07 Å². The Morgan fingerprint density at radius 3 is 2.55 bits per heavy atom. The van der Waals surface area contributed by atoms with E-state index in [1.54, 1.807) is 50.4 Å². The van der Waals surface area contributed by atoms with Crippen molar-refractivity contribution in [2.24, 2.45) is 5.10 Å². The molecule has 0 spiro atoms. The Morgan fingerprint density at radius 2 is 1.95 bits per heavy atom. The smallest absolute Gasteiger partial charge is 0.266 e. The van der Waals surface area contributed by atoms with E-state index < -0.39 is 5.56 Å². The van der Waals surface area contributed by atoms with Crippen molar-refractivity contribution in [3.8, 4) is 6.07 Å². The number of aromatic nitrogens is 1.